The van der Waals surface area contributed by atoms with Gasteiger partial charge in [0.2, 0.25) is 0 Å². The van der Waals surface area contributed by atoms with Crippen molar-refractivity contribution in [1.29, 1.82) is 0 Å². The largest absolute Gasteiger partial charge is 0.366 e. The van der Waals surface area contributed by atoms with Crippen molar-refractivity contribution in [1.82, 2.24) is 4.98 Å². The molecule has 4 nitrogen and oxygen atoms in total. The Hall–Kier alpha value is -2.14. The molecule has 1 heterocycles. The van der Waals surface area contributed by atoms with E-state index in [2.05, 4.69) is 15.7 Å². The van der Waals surface area contributed by atoms with Gasteiger partial charge in [-0.15, -0.1) is 0 Å². The lowest BCUT2D eigenvalue weighted by Crippen LogP contribution is -2.07. The normalized spacial score (nSPS) is 10.0. The minimum atomic E-state index is -0.231. The molecule has 0 aliphatic heterocycles. The number of anilines is 2. The Morgan fingerprint density at radius 1 is 1.12 bits per heavy atom. The number of hydrogen-bond acceptors (Lipinski definition) is 4. The van der Waals surface area contributed by atoms with Gasteiger partial charge in [0, 0.05) is 6.54 Å². The molecular weight excluding hydrogens is 219 g/mol. The molecule has 17 heavy (non-hydrogen) atoms. The highest BCUT2D eigenvalue weighted by Crippen LogP contribution is 2.10. The summed E-state index contributed by atoms with van der Waals surface area (Å²) in [6, 6.07) is 9.98. The summed E-state index contributed by atoms with van der Waals surface area (Å²) < 4.78 is 12.7. The summed E-state index contributed by atoms with van der Waals surface area (Å²) in [5.74, 6) is 5.75. The van der Waals surface area contributed by atoms with Crippen LogP contribution < -0.4 is 16.6 Å². The number of nitrogens with zero attached hydrogens (tertiary/aromatic N) is 1. The summed E-state index contributed by atoms with van der Waals surface area (Å²) in [7, 11) is 0. The maximum absolute atomic E-state index is 12.7. The molecule has 5 heteroatoms. The van der Waals surface area contributed by atoms with Crippen molar-refractivity contribution in [2.45, 2.75) is 6.54 Å². The molecule has 0 bridgehead atoms. The molecule has 0 aliphatic rings. The number of aromatic nitrogens is 1. The molecular formula is C12H13FN4. The Labute approximate surface area is 98.6 Å². The van der Waals surface area contributed by atoms with Crippen LogP contribution in [0.15, 0.2) is 42.6 Å². The Morgan fingerprint density at radius 2 is 1.88 bits per heavy atom. The molecule has 1 aromatic carbocycles. The first-order valence-corrected chi connectivity index (χ1v) is 5.19. The van der Waals surface area contributed by atoms with E-state index in [0.29, 0.717) is 6.54 Å². The predicted octanol–water partition coefficient (Wildman–Crippen LogP) is 2.12. The summed E-state index contributed by atoms with van der Waals surface area (Å²) in [5.41, 5.74) is 4.24. The van der Waals surface area contributed by atoms with Crippen LogP contribution in [-0.2, 0) is 6.54 Å². The van der Waals surface area contributed by atoms with Gasteiger partial charge in [-0.25, -0.2) is 9.37 Å². The third kappa shape index (κ3) is 3.15. The van der Waals surface area contributed by atoms with Crippen molar-refractivity contribution in [3.63, 3.8) is 0 Å². The summed E-state index contributed by atoms with van der Waals surface area (Å²) >= 11 is 0. The molecule has 0 atom stereocenters. The lowest BCUT2D eigenvalue weighted by atomic mass is 10.2. The number of nitrogen functional groups attached to an aromatic ring is 1. The number of nitrogens with two attached hydrogens (primary N) is 1. The number of benzene rings is 1. The van der Waals surface area contributed by atoms with Crippen molar-refractivity contribution in [3.8, 4) is 0 Å². The first-order valence-electron chi connectivity index (χ1n) is 5.19. The van der Waals surface area contributed by atoms with Gasteiger partial charge < -0.3 is 10.7 Å². The highest BCUT2D eigenvalue weighted by atomic mass is 19.1. The maximum Gasteiger partial charge on any atom is 0.126 e. The predicted molar refractivity (Wildman–Crippen MR) is 65.8 cm³/mol. The minimum absolute atomic E-state index is 0.231. The average molecular weight is 232 g/mol. The van der Waals surface area contributed by atoms with Crippen molar-refractivity contribution >= 4 is 11.5 Å². The highest BCUT2D eigenvalue weighted by molar-refractivity contribution is 5.46. The summed E-state index contributed by atoms with van der Waals surface area (Å²) in [6.07, 6.45) is 1.63. The third-order valence-electron chi connectivity index (χ3n) is 2.32. The van der Waals surface area contributed by atoms with Crippen LogP contribution in [-0.4, -0.2) is 4.98 Å². The lowest BCUT2D eigenvalue weighted by molar-refractivity contribution is 0.627. The highest BCUT2D eigenvalue weighted by Gasteiger charge is 1.96. The molecule has 0 unspecified atom stereocenters. The van der Waals surface area contributed by atoms with Gasteiger partial charge in [0.25, 0.3) is 0 Å². The van der Waals surface area contributed by atoms with Crippen molar-refractivity contribution < 1.29 is 4.39 Å². The minimum Gasteiger partial charge on any atom is -0.366 e. The van der Waals surface area contributed by atoms with Crippen LogP contribution in [0.4, 0.5) is 15.9 Å². The van der Waals surface area contributed by atoms with E-state index in [1.807, 2.05) is 12.1 Å². The van der Waals surface area contributed by atoms with Gasteiger partial charge in [0.1, 0.15) is 11.6 Å². The van der Waals surface area contributed by atoms with Gasteiger partial charge in [0.15, 0.2) is 0 Å². The molecule has 0 radical (unpaired) electrons. The quantitative estimate of drug-likeness (QED) is 0.558. The van der Waals surface area contributed by atoms with Gasteiger partial charge in [-0.05, 0) is 29.8 Å². The molecule has 0 aliphatic carbocycles. The van der Waals surface area contributed by atoms with Crippen LogP contribution in [0.3, 0.4) is 0 Å². The monoisotopic (exact) mass is 232 g/mol. The molecule has 0 fully saturated rings. The average Bonchev–Trinajstić information content (AvgIpc) is 2.39. The van der Waals surface area contributed by atoms with E-state index < -0.39 is 0 Å². The molecule has 0 saturated carbocycles. The number of hydrazine groups is 1. The first-order chi connectivity index (χ1) is 8.28. The lowest BCUT2D eigenvalue weighted by Gasteiger charge is -2.06. The summed E-state index contributed by atoms with van der Waals surface area (Å²) in [4.78, 5) is 4.15. The fourth-order valence-electron chi connectivity index (χ4n) is 1.38. The van der Waals surface area contributed by atoms with Gasteiger partial charge in [-0.2, -0.15) is 0 Å². The third-order valence-corrected chi connectivity index (χ3v) is 2.32. The zero-order chi connectivity index (χ0) is 12.1. The van der Waals surface area contributed by atoms with Crippen molar-refractivity contribution in [2.24, 2.45) is 5.84 Å². The number of hydrogen-bond donors (Lipinski definition) is 3. The van der Waals surface area contributed by atoms with E-state index in [-0.39, 0.29) is 5.82 Å². The Balaban J connectivity index is 1.95. The van der Waals surface area contributed by atoms with Crippen molar-refractivity contribution in [2.75, 3.05) is 10.7 Å². The maximum atomic E-state index is 12.7. The SMILES string of the molecule is NNc1ccc(NCc2ccc(F)cc2)nc1. The van der Waals surface area contributed by atoms with E-state index in [0.717, 1.165) is 17.1 Å². The molecule has 88 valence electrons. The fourth-order valence-corrected chi connectivity index (χ4v) is 1.38. The van der Waals surface area contributed by atoms with Gasteiger partial charge >= 0.3 is 0 Å². The van der Waals surface area contributed by atoms with Gasteiger partial charge in [-0.1, -0.05) is 12.1 Å². The van der Waals surface area contributed by atoms with E-state index in [4.69, 9.17) is 5.84 Å². The summed E-state index contributed by atoms with van der Waals surface area (Å²) in [5, 5.41) is 3.13. The van der Waals surface area contributed by atoms with Crippen molar-refractivity contribution in [3.05, 3.63) is 54.0 Å². The Bertz CT molecular complexity index is 467. The second-order valence-electron chi connectivity index (χ2n) is 3.56. The van der Waals surface area contributed by atoms with Crippen LogP contribution >= 0.6 is 0 Å². The second kappa shape index (κ2) is 5.27. The van der Waals surface area contributed by atoms with Crippen LogP contribution in [0.2, 0.25) is 0 Å². The molecule has 1 aromatic heterocycles. The standard InChI is InChI=1S/C12H13FN4/c13-10-3-1-9(2-4-10)7-15-12-6-5-11(17-14)8-16-12/h1-6,8,17H,7,14H2,(H,15,16). The van der Waals surface area contributed by atoms with E-state index in [1.165, 1.54) is 12.1 Å². The van der Waals surface area contributed by atoms with E-state index in [9.17, 15) is 4.39 Å². The first kappa shape index (κ1) is 11.3. The molecule has 4 N–H and O–H groups in total. The second-order valence-corrected chi connectivity index (χ2v) is 3.56. The van der Waals surface area contributed by atoms with Crippen LogP contribution in [0.25, 0.3) is 0 Å². The van der Waals surface area contributed by atoms with Crippen LogP contribution in [0, 0.1) is 5.82 Å². The molecule has 0 saturated heterocycles. The number of halogens is 1. The van der Waals surface area contributed by atoms with Crippen LogP contribution in [0.5, 0.6) is 0 Å². The number of nitrogens with one attached hydrogen (secondary N) is 2. The molecule has 2 rings (SSSR count). The summed E-state index contributed by atoms with van der Waals surface area (Å²) in [6.45, 7) is 0.600. The smallest absolute Gasteiger partial charge is 0.126 e. The van der Waals surface area contributed by atoms with E-state index in [1.54, 1.807) is 18.3 Å². The van der Waals surface area contributed by atoms with Crippen LogP contribution in [0.1, 0.15) is 5.56 Å². The number of rotatable bonds is 4. The zero-order valence-corrected chi connectivity index (χ0v) is 9.15. The molecule has 2 aromatic rings. The fraction of sp³-hybridized carbons (Fsp3) is 0.0833. The Morgan fingerprint density at radius 3 is 2.47 bits per heavy atom. The molecule has 0 spiro atoms. The van der Waals surface area contributed by atoms with Gasteiger partial charge in [-0.3, -0.25) is 5.84 Å². The van der Waals surface area contributed by atoms with E-state index >= 15 is 0 Å². The number of pyridine rings is 1. The Kier molecular flexibility index (Phi) is 3.52. The van der Waals surface area contributed by atoms with Gasteiger partial charge in [0.05, 0.1) is 11.9 Å². The topological polar surface area (TPSA) is 63.0 Å². The molecule has 0 amide bonds. The zero-order valence-electron chi connectivity index (χ0n) is 9.15.